The van der Waals surface area contributed by atoms with Crippen LogP contribution in [0.5, 0.6) is 0 Å². The van der Waals surface area contributed by atoms with Gasteiger partial charge in [-0.2, -0.15) is 0 Å². The lowest BCUT2D eigenvalue weighted by atomic mass is 10.1. The summed E-state index contributed by atoms with van der Waals surface area (Å²) in [6, 6.07) is 4.58. The lowest BCUT2D eigenvalue weighted by molar-refractivity contribution is -0.385. The van der Waals surface area contributed by atoms with Crippen LogP contribution in [-0.4, -0.2) is 11.2 Å². The molecule has 0 spiro atoms. The van der Waals surface area contributed by atoms with E-state index in [0.29, 0.717) is 29.8 Å². The highest BCUT2D eigenvalue weighted by Crippen LogP contribution is 2.27. The van der Waals surface area contributed by atoms with E-state index in [0.717, 1.165) is 6.29 Å². The molecule has 80 valence electrons. The van der Waals surface area contributed by atoms with Gasteiger partial charge in [-0.05, 0) is 18.9 Å². The van der Waals surface area contributed by atoms with Gasteiger partial charge < -0.3 is 4.79 Å². The second-order valence-corrected chi connectivity index (χ2v) is 3.46. The van der Waals surface area contributed by atoms with Crippen LogP contribution in [0.1, 0.15) is 18.4 Å². The van der Waals surface area contributed by atoms with E-state index in [-0.39, 0.29) is 5.69 Å². The van der Waals surface area contributed by atoms with E-state index in [9.17, 15) is 14.9 Å². The maximum Gasteiger partial charge on any atom is 0.274 e. The molecule has 0 atom stereocenters. The van der Waals surface area contributed by atoms with Gasteiger partial charge in [-0.3, -0.25) is 10.1 Å². The molecule has 0 aliphatic heterocycles. The highest BCUT2D eigenvalue weighted by molar-refractivity contribution is 6.31. The molecule has 4 nitrogen and oxygen atoms in total. The molecule has 0 fully saturated rings. The molecule has 5 heteroatoms. The van der Waals surface area contributed by atoms with E-state index in [2.05, 4.69) is 0 Å². The summed E-state index contributed by atoms with van der Waals surface area (Å²) >= 11 is 5.86. The van der Waals surface area contributed by atoms with E-state index < -0.39 is 4.92 Å². The molecule has 0 unspecified atom stereocenters. The van der Waals surface area contributed by atoms with Gasteiger partial charge in [0.05, 0.1) is 9.95 Å². The molecule has 0 aromatic heterocycles. The molecule has 1 rings (SSSR count). The zero-order valence-corrected chi connectivity index (χ0v) is 8.74. The van der Waals surface area contributed by atoms with Gasteiger partial charge in [0.2, 0.25) is 0 Å². The van der Waals surface area contributed by atoms with Crippen LogP contribution in [0.15, 0.2) is 18.2 Å². The number of nitro groups is 1. The molecule has 0 heterocycles. The molecule has 0 aliphatic rings. The third-order valence-electron chi connectivity index (χ3n) is 2.04. The summed E-state index contributed by atoms with van der Waals surface area (Å²) in [5, 5.41) is 11.1. The minimum absolute atomic E-state index is 0.0217. The lowest BCUT2D eigenvalue weighted by Crippen LogP contribution is -1.96. The summed E-state index contributed by atoms with van der Waals surface area (Å²) in [6.45, 7) is 0. The van der Waals surface area contributed by atoms with Crippen molar-refractivity contribution in [2.75, 3.05) is 0 Å². The smallest absolute Gasteiger partial charge is 0.274 e. The Morgan fingerprint density at radius 3 is 2.80 bits per heavy atom. The third-order valence-corrected chi connectivity index (χ3v) is 2.39. The van der Waals surface area contributed by atoms with Gasteiger partial charge in [-0.1, -0.05) is 17.7 Å². The van der Waals surface area contributed by atoms with Gasteiger partial charge in [0.15, 0.2) is 0 Å². The zero-order chi connectivity index (χ0) is 11.3. The van der Waals surface area contributed by atoms with Crippen molar-refractivity contribution in [3.8, 4) is 0 Å². The number of unbranched alkanes of at least 4 members (excludes halogenated alkanes) is 1. The lowest BCUT2D eigenvalue weighted by Gasteiger charge is -2.03. The monoisotopic (exact) mass is 227 g/mol. The first-order valence-corrected chi connectivity index (χ1v) is 4.90. The Balaban J connectivity index is 2.92. The molecule has 0 amide bonds. The number of hydrogen-bond acceptors (Lipinski definition) is 3. The fourth-order valence-electron chi connectivity index (χ4n) is 1.33. The summed E-state index contributed by atoms with van der Waals surface area (Å²) < 4.78 is 0. The molecule has 0 N–H and O–H groups in total. The minimum Gasteiger partial charge on any atom is -0.303 e. The molecule has 0 aliphatic carbocycles. The average molecular weight is 228 g/mol. The Kier molecular flexibility index (Phi) is 4.24. The molecule has 0 radical (unpaired) electrons. The van der Waals surface area contributed by atoms with Gasteiger partial charge in [0.25, 0.3) is 5.69 Å². The van der Waals surface area contributed by atoms with Crippen LogP contribution in [0.4, 0.5) is 5.69 Å². The molecule has 1 aromatic rings. The predicted octanol–water partition coefficient (Wildman–Crippen LogP) is 2.77. The van der Waals surface area contributed by atoms with Gasteiger partial charge in [-0.15, -0.1) is 0 Å². The Bertz CT molecular complexity index is 379. The molecular formula is C10H10ClNO3. The van der Waals surface area contributed by atoms with Crippen LogP contribution >= 0.6 is 11.6 Å². The largest absolute Gasteiger partial charge is 0.303 e. The normalized spacial score (nSPS) is 9.93. The summed E-state index contributed by atoms with van der Waals surface area (Å²) in [4.78, 5) is 20.4. The SMILES string of the molecule is O=CCCCc1c(Cl)cccc1[N+](=O)[O-]. The Labute approximate surface area is 92.0 Å². The number of nitrogens with zero attached hydrogens (tertiary/aromatic N) is 1. The molecular weight excluding hydrogens is 218 g/mol. The van der Waals surface area contributed by atoms with Crippen LogP contribution in [-0.2, 0) is 11.2 Å². The second kappa shape index (κ2) is 5.46. The third kappa shape index (κ3) is 3.02. The predicted molar refractivity (Wildman–Crippen MR) is 57.1 cm³/mol. The number of benzene rings is 1. The molecule has 0 saturated carbocycles. The number of hydrogen-bond donors (Lipinski definition) is 0. The van der Waals surface area contributed by atoms with Crippen molar-refractivity contribution in [3.05, 3.63) is 38.9 Å². The van der Waals surface area contributed by atoms with Crippen molar-refractivity contribution in [1.82, 2.24) is 0 Å². The van der Waals surface area contributed by atoms with E-state index in [1.165, 1.54) is 6.07 Å². The van der Waals surface area contributed by atoms with Crippen LogP contribution in [0.3, 0.4) is 0 Å². The molecule has 0 bridgehead atoms. The van der Waals surface area contributed by atoms with Crippen LogP contribution in [0.25, 0.3) is 0 Å². The first-order valence-electron chi connectivity index (χ1n) is 4.52. The van der Waals surface area contributed by atoms with Gasteiger partial charge >= 0.3 is 0 Å². The maximum atomic E-state index is 10.7. The number of rotatable bonds is 5. The first-order chi connectivity index (χ1) is 7.16. The summed E-state index contributed by atoms with van der Waals surface area (Å²) in [5.74, 6) is 0. The second-order valence-electron chi connectivity index (χ2n) is 3.05. The first kappa shape index (κ1) is 11.7. The summed E-state index contributed by atoms with van der Waals surface area (Å²) in [6.07, 6.45) is 2.22. The fourth-order valence-corrected chi connectivity index (χ4v) is 1.59. The maximum absolute atomic E-state index is 10.7. The van der Waals surface area contributed by atoms with E-state index in [1.807, 2.05) is 0 Å². The van der Waals surface area contributed by atoms with Crippen molar-refractivity contribution in [1.29, 1.82) is 0 Å². The minimum atomic E-state index is -0.456. The van der Waals surface area contributed by atoms with Crippen molar-refractivity contribution >= 4 is 23.6 Å². The molecule has 0 saturated heterocycles. The van der Waals surface area contributed by atoms with Crippen LogP contribution in [0, 0.1) is 10.1 Å². The average Bonchev–Trinajstić information content (AvgIpc) is 2.20. The standard InChI is InChI=1S/C10H10ClNO3/c11-9-5-3-6-10(12(14)15)8(9)4-1-2-7-13/h3,5-7H,1-2,4H2. The Morgan fingerprint density at radius 1 is 1.47 bits per heavy atom. The number of halogens is 1. The Morgan fingerprint density at radius 2 is 2.20 bits per heavy atom. The number of carbonyl (C=O) groups excluding carboxylic acids is 1. The van der Waals surface area contributed by atoms with Crippen molar-refractivity contribution in [3.63, 3.8) is 0 Å². The molecule has 1 aromatic carbocycles. The highest BCUT2D eigenvalue weighted by Gasteiger charge is 2.15. The Hall–Kier alpha value is -1.42. The van der Waals surface area contributed by atoms with Crippen molar-refractivity contribution in [2.24, 2.45) is 0 Å². The quantitative estimate of drug-likeness (QED) is 0.336. The summed E-state index contributed by atoms with van der Waals surface area (Å²) in [7, 11) is 0. The van der Waals surface area contributed by atoms with Crippen molar-refractivity contribution < 1.29 is 9.72 Å². The van der Waals surface area contributed by atoms with Gasteiger partial charge in [0.1, 0.15) is 6.29 Å². The van der Waals surface area contributed by atoms with Crippen molar-refractivity contribution in [2.45, 2.75) is 19.3 Å². The summed E-state index contributed by atoms with van der Waals surface area (Å²) in [5.41, 5.74) is 0.527. The van der Waals surface area contributed by atoms with Crippen LogP contribution in [0.2, 0.25) is 5.02 Å². The number of nitro benzene ring substituents is 1. The fraction of sp³-hybridized carbons (Fsp3) is 0.300. The molecule has 15 heavy (non-hydrogen) atoms. The highest BCUT2D eigenvalue weighted by atomic mass is 35.5. The number of carbonyl (C=O) groups is 1. The van der Waals surface area contributed by atoms with E-state index >= 15 is 0 Å². The number of aldehydes is 1. The van der Waals surface area contributed by atoms with E-state index in [1.54, 1.807) is 12.1 Å². The van der Waals surface area contributed by atoms with Gasteiger partial charge in [0, 0.05) is 18.1 Å². The topological polar surface area (TPSA) is 60.2 Å². The van der Waals surface area contributed by atoms with E-state index in [4.69, 9.17) is 11.6 Å². The van der Waals surface area contributed by atoms with Gasteiger partial charge in [-0.25, -0.2) is 0 Å². The zero-order valence-electron chi connectivity index (χ0n) is 7.98. The van der Waals surface area contributed by atoms with Crippen LogP contribution < -0.4 is 0 Å².